The summed E-state index contributed by atoms with van der Waals surface area (Å²) in [5.41, 5.74) is 4.39. The van der Waals surface area contributed by atoms with Gasteiger partial charge >= 0.3 is 12.1 Å². The molecule has 8 nitrogen and oxygen atoms in total. The van der Waals surface area contributed by atoms with Gasteiger partial charge in [0.1, 0.15) is 12.6 Å². The quantitative estimate of drug-likeness (QED) is 0.640. The molecule has 0 radical (unpaired) electrons. The summed E-state index contributed by atoms with van der Waals surface area (Å²) in [6, 6.07) is 14.8. The standard InChI is InChI=1S/C24H27N3O5/c28-22(29)14-21(23(30)27-12-5-10-25-11-13-27)26-24(31)32-15-20-18-8-3-1-6-16(18)17-7-2-4-9-19(17)20/h1-4,6-9,20-21,25H,5,10-15H2,(H,26,31)(H,28,29). The van der Waals surface area contributed by atoms with Gasteiger partial charge in [0.15, 0.2) is 0 Å². The maximum Gasteiger partial charge on any atom is 0.407 e. The molecule has 1 aliphatic heterocycles. The van der Waals surface area contributed by atoms with E-state index in [-0.39, 0.29) is 12.5 Å². The maximum absolute atomic E-state index is 12.9. The van der Waals surface area contributed by atoms with Gasteiger partial charge in [0.2, 0.25) is 5.91 Å². The molecule has 1 fully saturated rings. The largest absolute Gasteiger partial charge is 0.481 e. The van der Waals surface area contributed by atoms with E-state index in [1.54, 1.807) is 4.90 Å². The molecule has 2 aromatic rings. The first kappa shape index (κ1) is 21.8. The van der Waals surface area contributed by atoms with Gasteiger partial charge in [-0.15, -0.1) is 0 Å². The fourth-order valence-corrected chi connectivity index (χ4v) is 4.44. The van der Waals surface area contributed by atoms with Crippen LogP contribution in [0, 0.1) is 0 Å². The van der Waals surface area contributed by atoms with E-state index < -0.39 is 30.4 Å². The van der Waals surface area contributed by atoms with Gasteiger partial charge in [-0.25, -0.2) is 4.79 Å². The first-order valence-electron chi connectivity index (χ1n) is 10.9. The lowest BCUT2D eigenvalue weighted by Crippen LogP contribution is -2.50. The van der Waals surface area contributed by atoms with E-state index in [1.165, 1.54) is 0 Å². The second-order valence-electron chi connectivity index (χ2n) is 8.05. The van der Waals surface area contributed by atoms with Crippen LogP contribution in [0.2, 0.25) is 0 Å². The Hall–Kier alpha value is -3.39. The molecule has 4 rings (SSSR count). The number of carbonyl (C=O) groups is 3. The van der Waals surface area contributed by atoms with Gasteiger partial charge in [0.05, 0.1) is 6.42 Å². The van der Waals surface area contributed by atoms with Crippen LogP contribution in [-0.2, 0) is 14.3 Å². The van der Waals surface area contributed by atoms with Crippen LogP contribution in [0.25, 0.3) is 11.1 Å². The second-order valence-corrected chi connectivity index (χ2v) is 8.05. The van der Waals surface area contributed by atoms with Crippen LogP contribution < -0.4 is 10.6 Å². The van der Waals surface area contributed by atoms with Crippen molar-refractivity contribution < 1.29 is 24.2 Å². The topological polar surface area (TPSA) is 108 Å². The Labute approximate surface area is 186 Å². The third-order valence-electron chi connectivity index (χ3n) is 5.96. The summed E-state index contributed by atoms with van der Waals surface area (Å²) in [5, 5.41) is 14.9. The second kappa shape index (κ2) is 9.82. The summed E-state index contributed by atoms with van der Waals surface area (Å²) in [4.78, 5) is 38.3. The highest BCUT2D eigenvalue weighted by atomic mass is 16.5. The summed E-state index contributed by atoms with van der Waals surface area (Å²) in [6.07, 6.45) is -0.511. The zero-order valence-electron chi connectivity index (χ0n) is 17.8. The van der Waals surface area contributed by atoms with Crippen molar-refractivity contribution in [2.75, 3.05) is 32.8 Å². The normalized spacial score (nSPS) is 16.4. The minimum absolute atomic E-state index is 0.0987. The number of amides is 2. The monoisotopic (exact) mass is 437 g/mol. The van der Waals surface area contributed by atoms with Crippen molar-refractivity contribution in [3.63, 3.8) is 0 Å². The molecule has 2 amide bonds. The Morgan fingerprint density at radius 1 is 1.03 bits per heavy atom. The van der Waals surface area contributed by atoms with E-state index in [0.29, 0.717) is 19.6 Å². The van der Waals surface area contributed by atoms with Gasteiger partial charge in [-0.1, -0.05) is 48.5 Å². The average Bonchev–Trinajstić information content (AvgIpc) is 2.93. The van der Waals surface area contributed by atoms with E-state index in [2.05, 4.69) is 10.6 Å². The lowest BCUT2D eigenvalue weighted by molar-refractivity contribution is -0.142. The smallest absolute Gasteiger partial charge is 0.407 e. The van der Waals surface area contributed by atoms with Gasteiger partial charge in [0, 0.05) is 25.6 Å². The molecule has 1 unspecified atom stereocenters. The maximum atomic E-state index is 12.9. The van der Waals surface area contributed by atoms with Crippen molar-refractivity contribution in [3.05, 3.63) is 59.7 Å². The highest BCUT2D eigenvalue weighted by Crippen LogP contribution is 2.44. The molecule has 0 spiro atoms. The number of carboxylic acid groups (broad SMARTS) is 1. The molecule has 8 heteroatoms. The third kappa shape index (κ3) is 4.75. The number of carboxylic acids is 1. The van der Waals surface area contributed by atoms with E-state index in [1.807, 2.05) is 48.5 Å². The molecule has 0 bridgehead atoms. The predicted octanol–water partition coefficient (Wildman–Crippen LogP) is 2.19. The molecular weight excluding hydrogens is 410 g/mol. The number of carbonyl (C=O) groups excluding carboxylic acids is 2. The van der Waals surface area contributed by atoms with Crippen molar-refractivity contribution in [3.8, 4) is 11.1 Å². The van der Waals surface area contributed by atoms with Gasteiger partial charge in [-0.2, -0.15) is 0 Å². The van der Waals surface area contributed by atoms with Crippen LogP contribution in [0.3, 0.4) is 0 Å². The highest BCUT2D eigenvalue weighted by molar-refractivity contribution is 5.89. The first-order valence-corrected chi connectivity index (χ1v) is 10.9. The zero-order valence-corrected chi connectivity index (χ0v) is 17.8. The minimum Gasteiger partial charge on any atom is -0.481 e. The van der Waals surface area contributed by atoms with Gasteiger partial charge in [0.25, 0.3) is 0 Å². The number of benzene rings is 2. The zero-order chi connectivity index (χ0) is 22.5. The number of fused-ring (bicyclic) bond motifs is 3. The summed E-state index contributed by atoms with van der Waals surface area (Å²) in [6.45, 7) is 2.53. The molecule has 1 heterocycles. The van der Waals surface area contributed by atoms with Gasteiger partial charge in [-0.05, 0) is 35.2 Å². The number of hydrogen-bond donors (Lipinski definition) is 3. The number of nitrogens with one attached hydrogen (secondary N) is 2. The van der Waals surface area contributed by atoms with Crippen molar-refractivity contribution in [1.82, 2.24) is 15.5 Å². The molecule has 0 aromatic heterocycles. The highest BCUT2D eigenvalue weighted by Gasteiger charge is 2.31. The molecule has 1 aliphatic carbocycles. The van der Waals surface area contributed by atoms with Crippen LogP contribution in [0.1, 0.15) is 29.9 Å². The Morgan fingerprint density at radius 3 is 2.34 bits per heavy atom. The van der Waals surface area contributed by atoms with Crippen molar-refractivity contribution >= 4 is 18.0 Å². The molecular formula is C24H27N3O5. The molecule has 32 heavy (non-hydrogen) atoms. The van der Waals surface area contributed by atoms with Crippen molar-refractivity contribution in [1.29, 1.82) is 0 Å². The summed E-state index contributed by atoms with van der Waals surface area (Å²) < 4.78 is 5.49. The molecule has 2 aliphatic rings. The van der Waals surface area contributed by atoms with E-state index >= 15 is 0 Å². The number of alkyl carbamates (subject to hydrolysis) is 1. The summed E-state index contributed by atoms with van der Waals surface area (Å²) in [5.74, 6) is -1.67. The molecule has 1 saturated heterocycles. The lowest BCUT2D eigenvalue weighted by atomic mass is 9.98. The molecule has 168 valence electrons. The van der Waals surface area contributed by atoms with Crippen LogP contribution >= 0.6 is 0 Å². The third-order valence-corrected chi connectivity index (χ3v) is 5.96. The van der Waals surface area contributed by atoms with Crippen LogP contribution in [-0.4, -0.2) is 66.8 Å². The van der Waals surface area contributed by atoms with Crippen molar-refractivity contribution in [2.45, 2.75) is 24.8 Å². The number of rotatable bonds is 6. The Balaban J connectivity index is 1.42. The first-order chi connectivity index (χ1) is 15.5. The van der Waals surface area contributed by atoms with E-state index in [4.69, 9.17) is 4.74 Å². The Morgan fingerprint density at radius 2 is 1.69 bits per heavy atom. The predicted molar refractivity (Wildman–Crippen MR) is 118 cm³/mol. The molecule has 1 atom stereocenters. The van der Waals surface area contributed by atoms with Crippen molar-refractivity contribution in [2.24, 2.45) is 0 Å². The Bertz CT molecular complexity index is 955. The summed E-state index contributed by atoms with van der Waals surface area (Å²) in [7, 11) is 0. The SMILES string of the molecule is O=C(O)CC(NC(=O)OCC1c2ccccc2-c2ccccc21)C(=O)N1CCCNCC1. The Kier molecular flexibility index (Phi) is 6.70. The number of ether oxygens (including phenoxy) is 1. The van der Waals surface area contributed by atoms with E-state index in [9.17, 15) is 19.5 Å². The molecule has 3 N–H and O–H groups in total. The van der Waals surface area contributed by atoms with Gasteiger partial charge in [-0.3, -0.25) is 9.59 Å². The molecule has 2 aromatic carbocycles. The lowest BCUT2D eigenvalue weighted by Gasteiger charge is -2.25. The summed E-state index contributed by atoms with van der Waals surface area (Å²) >= 11 is 0. The van der Waals surface area contributed by atoms with Gasteiger partial charge < -0.3 is 25.4 Å². The van der Waals surface area contributed by atoms with Crippen LogP contribution in [0.5, 0.6) is 0 Å². The van der Waals surface area contributed by atoms with E-state index in [0.717, 1.165) is 35.2 Å². The fourth-order valence-electron chi connectivity index (χ4n) is 4.44. The van der Waals surface area contributed by atoms with Crippen LogP contribution in [0.15, 0.2) is 48.5 Å². The average molecular weight is 437 g/mol. The minimum atomic E-state index is -1.17. The fraction of sp³-hybridized carbons (Fsp3) is 0.375. The molecule has 0 saturated carbocycles. The number of nitrogens with zero attached hydrogens (tertiary/aromatic N) is 1. The number of aliphatic carboxylic acids is 1. The van der Waals surface area contributed by atoms with Crippen LogP contribution in [0.4, 0.5) is 4.79 Å². The number of hydrogen-bond acceptors (Lipinski definition) is 5.